The molecule has 0 spiro atoms. The average Bonchev–Trinajstić information content (AvgIpc) is 2.87. The van der Waals surface area contributed by atoms with Crippen LogP contribution in [0.2, 0.25) is 0 Å². The second kappa shape index (κ2) is 4.67. The summed E-state index contributed by atoms with van der Waals surface area (Å²) in [6.45, 7) is -0.400. The highest BCUT2D eigenvalue weighted by Gasteiger charge is 2.44. The molecule has 2 rings (SSSR count). The fourth-order valence-corrected chi connectivity index (χ4v) is 2.52. The van der Waals surface area contributed by atoms with Crippen molar-refractivity contribution in [3.05, 3.63) is 16.1 Å². The summed E-state index contributed by atoms with van der Waals surface area (Å²) in [4.78, 5) is 14.8. The number of hydrogen-bond donors (Lipinski definition) is 4. The lowest BCUT2D eigenvalue weighted by molar-refractivity contribution is -0.0228. The number of aliphatic hydroxyl groups is 3. The van der Waals surface area contributed by atoms with Gasteiger partial charge in [-0.3, -0.25) is 4.79 Å². The molecule has 0 aliphatic carbocycles. The number of carbonyl (C=O) groups is 1. The lowest BCUT2D eigenvalue weighted by atomic mass is 10.1. The molecule has 1 aromatic rings. The molecule has 0 saturated carbocycles. The SMILES string of the molecule is NC(=O)c1csc(C2O[C@H](CO)[C@@H](O)[C@@H]2O)n1. The van der Waals surface area contributed by atoms with Gasteiger partial charge in [-0.2, -0.15) is 0 Å². The molecule has 4 atom stereocenters. The highest BCUT2D eigenvalue weighted by Crippen LogP contribution is 2.34. The molecule has 0 aromatic carbocycles. The maximum Gasteiger partial charge on any atom is 0.268 e. The van der Waals surface area contributed by atoms with Crippen molar-refractivity contribution in [1.82, 2.24) is 4.98 Å². The highest BCUT2D eigenvalue weighted by atomic mass is 32.1. The van der Waals surface area contributed by atoms with Crippen molar-refractivity contribution in [3.63, 3.8) is 0 Å². The lowest BCUT2D eigenvalue weighted by Crippen LogP contribution is -2.32. The number of carbonyl (C=O) groups excluding carboxylic acids is 1. The first-order valence-electron chi connectivity index (χ1n) is 4.92. The van der Waals surface area contributed by atoms with E-state index in [4.69, 9.17) is 15.6 Å². The molecule has 1 fully saturated rings. The number of primary amides is 1. The summed E-state index contributed by atoms with van der Waals surface area (Å²) in [7, 11) is 0. The van der Waals surface area contributed by atoms with E-state index >= 15 is 0 Å². The van der Waals surface area contributed by atoms with Gasteiger partial charge < -0.3 is 25.8 Å². The average molecular weight is 260 g/mol. The Labute approximate surface area is 100 Å². The van der Waals surface area contributed by atoms with Gasteiger partial charge in [0.05, 0.1) is 6.61 Å². The van der Waals surface area contributed by atoms with Crippen molar-refractivity contribution < 1.29 is 24.9 Å². The number of nitrogens with two attached hydrogens (primary N) is 1. The van der Waals surface area contributed by atoms with Gasteiger partial charge in [-0.1, -0.05) is 0 Å². The number of ether oxygens (including phenoxy) is 1. The molecule has 8 heteroatoms. The third kappa shape index (κ3) is 2.17. The third-order valence-corrected chi connectivity index (χ3v) is 3.47. The van der Waals surface area contributed by atoms with Crippen molar-refractivity contribution in [2.24, 2.45) is 5.73 Å². The number of rotatable bonds is 3. The van der Waals surface area contributed by atoms with Crippen LogP contribution in [-0.4, -0.2) is 51.1 Å². The minimum atomic E-state index is -1.18. The van der Waals surface area contributed by atoms with Crippen molar-refractivity contribution >= 4 is 17.2 Å². The molecule has 2 heterocycles. The Morgan fingerprint density at radius 3 is 2.71 bits per heavy atom. The topological polar surface area (TPSA) is 126 Å². The van der Waals surface area contributed by atoms with Crippen LogP contribution in [0.3, 0.4) is 0 Å². The zero-order valence-corrected chi connectivity index (χ0v) is 9.50. The fraction of sp³-hybridized carbons (Fsp3) is 0.556. The smallest absolute Gasteiger partial charge is 0.268 e. The summed E-state index contributed by atoms with van der Waals surface area (Å²) in [5, 5.41) is 30.0. The summed E-state index contributed by atoms with van der Waals surface area (Å²) in [5.74, 6) is -0.667. The van der Waals surface area contributed by atoms with Gasteiger partial charge in [0, 0.05) is 5.38 Å². The van der Waals surface area contributed by atoms with E-state index in [1.54, 1.807) is 0 Å². The summed E-state index contributed by atoms with van der Waals surface area (Å²) in [5.41, 5.74) is 5.14. The van der Waals surface area contributed by atoms with Crippen molar-refractivity contribution in [2.75, 3.05) is 6.61 Å². The van der Waals surface area contributed by atoms with E-state index in [9.17, 15) is 15.0 Å². The van der Waals surface area contributed by atoms with E-state index < -0.39 is 36.9 Å². The van der Waals surface area contributed by atoms with Crippen LogP contribution >= 0.6 is 11.3 Å². The van der Waals surface area contributed by atoms with Crippen LogP contribution in [0, 0.1) is 0 Å². The van der Waals surface area contributed by atoms with E-state index in [1.165, 1.54) is 5.38 Å². The minimum Gasteiger partial charge on any atom is -0.394 e. The van der Waals surface area contributed by atoms with Crippen LogP contribution in [0.15, 0.2) is 5.38 Å². The molecule has 5 N–H and O–H groups in total. The molecule has 17 heavy (non-hydrogen) atoms. The van der Waals surface area contributed by atoms with E-state index in [2.05, 4.69) is 4.98 Å². The van der Waals surface area contributed by atoms with Gasteiger partial charge in [0.25, 0.3) is 5.91 Å². The Morgan fingerprint density at radius 1 is 1.53 bits per heavy atom. The van der Waals surface area contributed by atoms with Crippen molar-refractivity contribution in [1.29, 1.82) is 0 Å². The lowest BCUT2D eigenvalue weighted by Gasteiger charge is -2.11. The molecule has 1 aliphatic rings. The van der Waals surface area contributed by atoms with Crippen LogP contribution in [0.1, 0.15) is 21.6 Å². The minimum absolute atomic E-state index is 0.0859. The highest BCUT2D eigenvalue weighted by molar-refractivity contribution is 7.09. The van der Waals surface area contributed by atoms with Gasteiger partial charge in [0.15, 0.2) is 0 Å². The number of amides is 1. The standard InChI is InChI=1S/C9H12N2O5S/c10-8(15)3-2-17-9(11-3)7-6(14)5(13)4(1-12)16-7/h2,4-7,12-14H,1H2,(H2,10,15)/t4-,5-,6+,7?/m1/s1. The van der Waals surface area contributed by atoms with Crippen molar-refractivity contribution in [3.8, 4) is 0 Å². The zero-order valence-electron chi connectivity index (χ0n) is 8.68. The van der Waals surface area contributed by atoms with Gasteiger partial charge in [0.2, 0.25) is 0 Å². The number of aromatic nitrogens is 1. The number of aliphatic hydroxyl groups excluding tert-OH is 3. The van der Waals surface area contributed by atoms with Gasteiger partial charge in [-0.25, -0.2) is 4.98 Å². The van der Waals surface area contributed by atoms with Crippen LogP contribution < -0.4 is 5.73 Å². The van der Waals surface area contributed by atoms with Gasteiger partial charge >= 0.3 is 0 Å². The first-order valence-corrected chi connectivity index (χ1v) is 5.80. The molecule has 7 nitrogen and oxygen atoms in total. The molecule has 1 saturated heterocycles. The monoisotopic (exact) mass is 260 g/mol. The zero-order chi connectivity index (χ0) is 12.6. The molecular weight excluding hydrogens is 248 g/mol. The Hall–Kier alpha value is -1.06. The predicted octanol–water partition coefficient (Wildman–Crippen LogP) is -1.60. The number of hydrogen-bond acceptors (Lipinski definition) is 7. The predicted molar refractivity (Wildman–Crippen MR) is 57.3 cm³/mol. The number of thiazole rings is 1. The first-order chi connectivity index (χ1) is 8.04. The Bertz CT molecular complexity index is 423. The molecule has 1 aromatic heterocycles. The summed E-state index contributed by atoms with van der Waals surface area (Å²) in [6, 6.07) is 0. The molecular formula is C9H12N2O5S. The van der Waals surface area contributed by atoms with Crippen LogP contribution in [-0.2, 0) is 4.74 Å². The molecule has 0 bridgehead atoms. The Balaban J connectivity index is 2.19. The van der Waals surface area contributed by atoms with Gasteiger partial charge in [-0.15, -0.1) is 11.3 Å². The van der Waals surface area contributed by atoms with E-state index in [0.29, 0.717) is 5.01 Å². The van der Waals surface area contributed by atoms with E-state index in [-0.39, 0.29) is 5.69 Å². The Morgan fingerprint density at radius 2 is 2.24 bits per heavy atom. The molecule has 94 valence electrons. The summed E-state index contributed by atoms with van der Waals surface area (Å²) >= 11 is 1.10. The molecule has 1 amide bonds. The normalized spacial score (nSPS) is 32.9. The van der Waals surface area contributed by atoms with E-state index in [1.807, 2.05) is 0 Å². The van der Waals surface area contributed by atoms with E-state index in [0.717, 1.165) is 11.3 Å². The first kappa shape index (κ1) is 12.4. The van der Waals surface area contributed by atoms with Gasteiger partial charge in [0.1, 0.15) is 35.1 Å². The van der Waals surface area contributed by atoms with Crippen LogP contribution in [0.5, 0.6) is 0 Å². The maximum atomic E-state index is 10.9. The molecule has 1 aliphatic heterocycles. The third-order valence-electron chi connectivity index (χ3n) is 2.56. The van der Waals surface area contributed by atoms with Crippen LogP contribution in [0.4, 0.5) is 0 Å². The summed E-state index contributed by atoms with van der Waals surface area (Å²) < 4.78 is 5.26. The molecule has 1 unspecified atom stereocenters. The summed E-state index contributed by atoms with van der Waals surface area (Å²) in [6.07, 6.45) is -4.05. The number of nitrogens with zero attached hydrogens (tertiary/aromatic N) is 1. The van der Waals surface area contributed by atoms with Crippen molar-refractivity contribution in [2.45, 2.75) is 24.4 Å². The second-order valence-corrected chi connectivity index (χ2v) is 4.58. The quantitative estimate of drug-likeness (QED) is 0.518. The fourth-order valence-electron chi connectivity index (χ4n) is 1.64. The maximum absolute atomic E-state index is 10.9. The Kier molecular flexibility index (Phi) is 3.40. The van der Waals surface area contributed by atoms with Crippen LogP contribution in [0.25, 0.3) is 0 Å². The van der Waals surface area contributed by atoms with Gasteiger partial charge in [-0.05, 0) is 0 Å². The molecule has 0 radical (unpaired) electrons. The largest absolute Gasteiger partial charge is 0.394 e. The second-order valence-electron chi connectivity index (χ2n) is 3.69.